The second kappa shape index (κ2) is 3.99. The number of rotatable bonds is 1. The zero-order valence-electron chi connectivity index (χ0n) is 9.67. The lowest BCUT2D eigenvalue weighted by atomic mass is 10.3. The van der Waals surface area contributed by atoms with Gasteiger partial charge in [0.1, 0.15) is 0 Å². The average Bonchev–Trinajstić information content (AvgIpc) is 2.69. The molecule has 0 unspecified atom stereocenters. The van der Waals surface area contributed by atoms with Crippen LogP contribution in [-0.2, 0) is 0 Å². The zero-order valence-corrected chi connectivity index (χ0v) is 10.4. The van der Waals surface area contributed by atoms with E-state index in [0.717, 1.165) is 11.3 Å². The van der Waals surface area contributed by atoms with Crippen molar-refractivity contribution < 1.29 is 0 Å². The average molecular weight is 260 g/mol. The molecule has 0 saturated heterocycles. The first-order chi connectivity index (χ1) is 8.66. The Morgan fingerprint density at radius 1 is 1.28 bits per heavy atom. The van der Waals surface area contributed by atoms with Crippen LogP contribution in [0.5, 0.6) is 0 Å². The number of halogens is 1. The first-order valence-electron chi connectivity index (χ1n) is 5.49. The number of hydrogen-bond acceptors (Lipinski definition) is 2. The highest BCUT2D eigenvalue weighted by Crippen LogP contribution is 2.17. The smallest absolute Gasteiger partial charge is 0.267 e. The molecule has 90 valence electrons. The van der Waals surface area contributed by atoms with E-state index in [1.165, 1.54) is 16.8 Å². The molecule has 4 nitrogen and oxygen atoms in total. The molecule has 1 aromatic carbocycles. The minimum absolute atomic E-state index is 0.118. The standard InChI is InChI=1S/C13H10ClN3O/c1-9-8-16(11-4-2-3-10(14)7-11)17-12(18)5-6-15-13(9)17/h2-8H,1H3. The molecule has 3 rings (SSSR count). The zero-order chi connectivity index (χ0) is 12.7. The van der Waals surface area contributed by atoms with Gasteiger partial charge in [-0.15, -0.1) is 0 Å². The van der Waals surface area contributed by atoms with E-state index in [0.29, 0.717) is 10.7 Å². The number of benzene rings is 1. The van der Waals surface area contributed by atoms with Gasteiger partial charge in [-0.25, -0.2) is 4.98 Å². The maximum Gasteiger partial charge on any atom is 0.273 e. The lowest BCUT2D eigenvalue weighted by Crippen LogP contribution is -2.18. The molecule has 0 bridgehead atoms. The molecular weight excluding hydrogens is 250 g/mol. The molecule has 0 aliphatic carbocycles. The number of nitrogens with zero attached hydrogens (tertiary/aromatic N) is 3. The summed E-state index contributed by atoms with van der Waals surface area (Å²) in [6, 6.07) is 8.78. The van der Waals surface area contributed by atoms with Crippen molar-refractivity contribution in [2.24, 2.45) is 0 Å². The quantitative estimate of drug-likeness (QED) is 0.673. The van der Waals surface area contributed by atoms with Gasteiger partial charge in [-0.05, 0) is 25.1 Å². The van der Waals surface area contributed by atoms with Crippen LogP contribution < -0.4 is 5.56 Å². The van der Waals surface area contributed by atoms with Crippen LogP contribution in [0.1, 0.15) is 5.56 Å². The number of hydrogen-bond donors (Lipinski definition) is 0. The molecule has 0 N–H and O–H groups in total. The van der Waals surface area contributed by atoms with Gasteiger partial charge in [0, 0.05) is 29.0 Å². The summed E-state index contributed by atoms with van der Waals surface area (Å²) >= 11 is 5.98. The van der Waals surface area contributed by atoms with Crippen LogP contribution in [-0.4, -0.2) is 14.2 Å². The summed E-state index contributed by atoms with van der Waals surface area (Å²) in [5.74, 6) is 0. The minimum Gasteiger partial charge on any atom is -0.267 e. The second-order valence-corrected chi connectivity index (χ2v) is 4.49. The van der Waals surface area contributed by atoms with Crippen molar-refractivity contribution in [1.82, 2.24) is 14.2 Å². The van der Waals surface area contributed by atoms with Crippen LogP contribution in [0.4, 0.5) is 0 Å². The summed E-state index contributed by atoms with van der Waals surface area (Å²) in [5.41, 5.74) is 2.30. The van der Waals surface area contributed by atoms with E-state index in [2.05, 4.69) is 4.98 Å². The summed E-state index contributed by atoms with van der Waals surface area (Å²) in [4.78, 5) is 16.2. The largest absolute Gasteiger partial charge is 0.273 e. The molecule has 0 fully saturated rings. The highest BCUT2D eigenvalue weighted by atomic mass is 35.5. The van der Waals surface area contributed by atoms with Crippen molar-refractivity contribution in [3.05, 3.63) is 63.7 Å². The van der Waals surface area contributed by atoms with Gasteiger partial charge in [-0.1, -0.05) is 17.7 Å². The predicted molar refractivity (Wildman–Crippen MR) is 70.5 cm³/mol. The molecule has 0 radical (unpaired) electrons. The lowest BCUT2D eigenvalue weighted by molar-refractivity contribution is 0.764. The summed E-state index contributed by atoms with van der Waals surface area (Å²) < 4.78 is 3.28. The second-order valence-electron chi connectivity index (χ2n) is 4.06. The Balaban J connectivity index is 2.40. The molecule has 3 aromatic rings. The molecule has 0 spiro atoms. The van der Waals surface area contributed by atoms with Crippen molar-refractivity contribution in [3.63, 3.8) is 0 Å². The maximum atomic E-state index is 11.9. The van der Waals surface area contributed by atoms with E-state index < -0.39 is 0 Å². The van der Waals surface area contributed by atoms with E-state index in [9.17, 15) is 4.79 Å². The van der Waals surface area contributed by atoms with Crippen molar-refractivity contribution >= 4 is 17.2 Å². The predicted octanol–water partition coefficient (Wildman–Crippen LogP) is 2.45. The van der Waals surface area contributed by atoms with E-state index >= 15 is 0 Å². The molecule has 2 heterocycles. The number of aryl methyl sites for hydroxylation is 1. The maximum absolute atomic E-state index is 11.9. The van der Waals surface area contributed by atoms with E-state index in [1.807, 2.05) is 25.3 Å². The Kier molecular flexibility index (Phi) is 2.45. The fraction of sp³-hybridized carbons (Fsp3) is 0.0769. The monoisotopic (exact) mass is 259 g/mol. The Bertz CT molecular complexity index is 788. The van der Waals surface area contributed by atoms with Gasteiger partial charge in [0.05, 0.1) is 5.69 Å². The van der Waals surface area contributed by atoms with Crippen molar-refractivity contribution in [2.45, 2.75) is 6.92 Å². The van der Waals surface area contributed by atoms with Crippen molar-refractivity contribution in [3.8, 4) is 5.69 Å². The molecule has 2 aromatic heterocycles. The first-order valence-corrected chi connectivity index (χ1v) is 5.86. The van der Waals surface area contributed by atoms with Crippen LogP contribution in [0.15, 0.2) is 47.5 Å². The topological polar surface area (TPSA) is 39.3 Å². The molecule has 5 heteroatoms. The molecule has 0 amide bonds. The summed E-state index contributed by atoms with van der Waals surface area (Å²) in [6.07, 6.45) is 3.39. The minimum atomic E-state index is -0.118. The van der Waals surface area contributed by atoms with E-state index in [-0.39, 0.29) is 5.56 Å². The SMILES string of the molecule is Cc1cn(-c2cccc(Cl)c2)n2c(=O)ccnc12. The van der Waals surface area contributed by atoms with Crippen LogP contribution in [0.2, 0.25) is 5.02 Å². The van der Waals surface area contributed by atoms with Gasteiger partial charge >= 0.3 is 0 Å². The van der Waals surface area contributed by atoms with Crippen LogP contribution in [0, 0.1) is 6.92 Å². The van der Waals surface area contributed by atoms with Gasteiger partial charge in [-0.3, -0.25) is 9.48 Å². The summed E-state index contributed by atoms with van der Waals surface area (Å²) in [5, 5.41) is 0.629. The third kappa shape index (κ3) is 1.62. The Hall–Kier alpha value is -2.07. The van der Waals surface area contributed by atoms with E-state index in [4.69, 9.17) is 11.6 Å². The number of aromatic nitrogens is 3. The van der Waals surface area contributed by atoms with Crippen molar-refractivity contribution in [2.75, 3.05) is 0 Å². The molecule has 18 heavy (non-hydrogen) atoms. The highest BCUT2D eigenvalue weighted by molar-refractivity contribution is 6.30. The Labute approximate surface area is 108 Å². The fourth-order valence-electron chi connectivity index (χ4n) is 1.99. The fourth-order valence-corrected chi connectivity index (χ4v) is 2.17. The third-order valence-corrected chi connectivity index (χ3v) is 3.02. The van der Waals surface area contributed by atoms with Gasteiger partial charge < -0.3 is 0 Å². The molecule has 0 atom stereocenters. The van der Waals surface area contributed by atoms with Gasteiger partial charge in [-0.2, -0.15) is 4.52 Å². The number of fused-ring (bicyclic) bond motifs is 1. The highest BCUT2D eigenvalue weighted by Gasteiger charge is 2.09. The van der Waals surface area contributed by atoms with Gasteiger partial charge in [0.2, 0.25) is 0 Å². The summed E-state index contributed by atoms with van der Waals surface area (Å²) in [7, 11) is 0. The van der Waals surface area contributed by atoms with Gasteiger partial charge in [0.15, 0.2) is 5.65 Å². The molecule has 0 saturated carbocycles. The van der Waals surface area contributed by atoms with E-state index in [1.54, 1.807) is 16.8 Å². The van der Waals surface area contributed by atoms with Crippen molar-refractivity contribution in [1.29, 1.82) is 0 Å². The van der Waals surface area contributed by atoms with Crippen LogP contribution in [0.25, 0.3) is 11.3 Å². The molecule has 0 aliphatic rings. The van der Waals surface area contributed by atoms with Crippen LogP contribution >= 0.6 is 11.6 Å². The Morgan fingerprint density at radius 3 is 2.89 bits per heavy atom. The third-order valence-electron chi connectivity index (χ3n) is 2.78. The Morgan fingerprint density at radius 2 is 2.11 bits per heavy atom. The molecular formula is C13H10ClN3O. The summed E-state index contributed by atoms with van der Waals surface area (Å²) in [6.45, 7) is 1.92. The lowest BCUT2D eigenvalue weighted by Gasteiger charge is -2.05. The van der Waals surface area contributed by atoms with Gasteiger partial charge in [0.25, 0.3) is 5.56 Å². The van der Waals surface area contributed by atoms with Crippen LogP contribution in [0.3, 0.4) is 0 Å². The molecule has 0 aliphatic heterocycles. The normalized spacial score (nSPS) is 11.0. The first kappa shape index (κ1) is 11.0.